The minimum absolute atomic E-state index is 0.241. The van der Waals surface area contributed by atoms with Crippen LogP contribution in [-0.2, 0) is 85.7 Å². The van der Waals surface area contributed by atoms with Crippen molar-refractivity contribution in [1.82, 2.24) is 0 Å². The number of allylic oxidation sites excluding steroid dienone is 2. The van der Waals surface area contributed by atoms with Gasteiger partial charge in [-0.15, -0.1) is 0 Å². The van der Waals surface area contributed by atoms with Crippen molar-refractivity contribution in [1.29, 1.82) is 0 Å². The largest absolute Gasteiger partial charge is 0.507 e. The summed E-state index contributed by atoms with van der Waals surface area (Å²) in [6, 6.07) is 3.75. The molecule has 21 heteroatoms. The summed E-state index contributed by atoms with van der Waals surface area (Å²) in [7, 11) is 0. The van der Waals surface area contributed by atoms with Crippen molar-refractivity contribution in [3.8, 4) is 5.75 Å². The van der Waals surface area contributed by atoms with E-state index in [1.54, 1.807) is 0 Å². The standard InChI is InChI=1S/C36H40O21/c1-14(37)47-12-25-29(49-16(3)39)31(50-17(4)40)34(53-20(7)43)36(56-25)57-30-26(13-48-15(2)38)55-35(33(52-19(6)42)32(30)51-18(5)41)54-24-11-23(45)27-21(28(24)46)9-8-10-22(27)44/h8-11,25-26,29-36,44H,12-13H2,1-7H3/t25-,26-,29+,30+,31+,32-,33-,34+,35+,36-/m0/s1. The van der Waals surface area contributed by atoms with Crippen molar-refractivity contribution in [2.24, 2.45) is 0 Å². The van der Waals surface area contributed by atoms with E-state index in [-0.39, 0.29) is 11.1 Å². The van der Waals surface area contributed by atoms with Crippen LogP contribution in [-0.4, -0.2) is 133 Å². The van der Waals surface area contributed by atoms with E-state index in [0.29, 0.717) is 0 Å². The second-order valence-corrected chi connectivity index (χ2v) is 12.7. The van der Waals surface area contributed by atoms with E-state index >= 15 is 0 Å². The third kappa shape index (κ3) is 11.1. The van der Waals surface area contributed by atoms with Gasteiger partial charge in [-0.05, 0) is 12.1 Å². The highest BCUT2D eigenvalue weighted by Crippen LogP contribution is 2.37. The first-order valence-electron chi connectivity index (χ1n) is 17.2. The Bertz CT molecular complexity index is 1820. The number of carbonyl (C=O) groups excluding carboxylic acids is 9. The van der Waals surface area contributed by atoms with Crippen LogP contribution in [0.25, 0.3) is 0 Å². The van der Waals surface area contributed by atoms with Gasteiger partial charge in [0.25, 0.3) is 0 Å². The number of Topliss-reactive ketones (excluding diaryl/α,β-unsaturated/α-hetero) is 1. The van der Waals surface area contributed by atoms with Crippen LogP contribution >= 0.6 is 0 Å². The molecule has 57 heavy (non-hydrogen) atoms. The summed E-state index contributed by atoms with van der Waals surface area (Å²) in [5, 5.41) is 10.2. The average molecular weight is 809 g/mol. The Labute approximate surface area is 323 Å². The number of aromatic hydroxyl groups is 1. The molecular formula is C36H40O21. The van der Waals surface area contributed by atoms with Crippen molar-refractivity contribution in [2.45, 2.75) is 110 Å². The van der Waals surface area contributed by atoms with E-state index in [1.165, 1.54) is 18.2 Å². The summed E-state index contributed by atoms with van der Waals surface area (Å²) < 4.78 is 61.9. The summed E-state index contributed by atoms with van der Waals surface area (Å²) in [6.07, 6.45) is -16.7. The fourth-order valence-electron chi connectivity index (χ4n) is 6.16. The average Bonchev–Trinajstić information content (AvgIpc) is 3.09. The van der Waals surface area contributed by atoms with E-state index in [1.807, 2.05) is 0 Å². The first-order valence-corrected chi connectivity index (χ1v) is 17.2. The quantitative estimate of drug-likeness (QED) is 0.207. The molecule has 0 aromatic heterocycles. The van der Waals surface area contributed by atoms with Crippen molar-refractivity contribution in [3.05, 3.63) is 41.2 Å². The second kappa shape index (κ2) is 18.8. The van der Waals surface area contributed by atoms with Crippen molar-refractivity contribution in [2.75, 3.05) is 13.2 Å². The van der Waals surface area contributed by atoms with E-state index in [9.17, 15) is 48.3 Å². The SMILES string of the molecule is CC(=O)OC[C@@H]1O[C@@H](OC2=CC(=O)c3c(O)cccc3C2=O)[C@@H](OC(C)=O)[C@@H](OC(C)=O)[C@@H]1O[C@@H]1O[C@@H](COC(C)=O)[C@@H](OC(C)=O)[C@@H](OC(C)=O)[C@H]1OC(C)=O. The number of benzene rings is 1. The number of esters is 7. The van der Waals surface area contributed by atoms with Gasteiger partial charge < -0.3 is 57.2 Å². The predicted octanol–water partition coefficient (Wildman–Crippen LogP) is 0.291. The Hall–Kier alpha value is -5.93. The third-order valence-corrected chi connectivity index (χ3v) is 8.15. The minimum atomic E-state index is -1.92. The van der Waals surface area contributed by atoms with E-state index in [0.717, 1.165) is 54.5 Å². The number of phenolic OH excluding ortho intramolecular Hbond substituents is 1. The molecule has 2 saturated heterocycles. The predicted molar refractivity (Wildman–Crippen MR) is 179 cm³/mol. The minimum Gasteiger partial charge on any atom is -0.507 e. The van der Waals surface area contributed by atoms with Gasteiger partial charge in [0.2, 0.25) is 18.2 Å². The van der Waals surface area contributed by atoms with E-state index in [2.05, 4.69) is 0 Å². The Kier molecular flexibility index (Phi) is 14.4. The normalized spacial score (nSPS) is 28.0. The molecule has 0 bridgehead atoms. The molecule has 0 radical (unpaired) electrons. The molecule has 0 unspecified atom stereocenters. The van der Waals surface area contributed by atoms with Gasteiger partial charge in [0.1, 0.15) is 37.3 Å². The summed E-state index contributed by atoms with van der Waals surface area (Å²) in [5.41, 5.74) is -0.546. The zero-order valence-electron chi connectivity index (χ0n) is 31.6. The van der Waals surface area contributed by atoms with Gasteiger partial charge in [-0.25, -0.2) is 0 Å². The fraction of sp³-hybridized carbons (Fsp3) is 0.528. The highest BCUT2D eigenvalue weighted by Gasteiger charge is 2.58. The van der Waals surface area contributed by atoms with E-state index < -0.39 is 139 Å². The van der Waals surface area contributed by atoms with Crippen LogP contribution in [0, 0.1) is 0 Å². The van der Waals surface area contributed by atoms with Crippen molar-refractivity contribution >= 4 is 53.4 Å². The molecule has 0 amide bonds. The van der Waals surface area contributed by atoms with Gasteiger partial charge >= 0.3 is 41.8 Å². The Balaban J connectivity index is 1.83. The molecule has 2 heterocycles. The first kappa shape index (κ1) is 43.8. The van der Waals surface area contributed by atoms with Gasteiger partial charge in [-0.3, -0.25) is 43.2 Å². The molecule has 1 aromatic rings. The maximum atomic E-state index is 13.5. The fourth-order valence-corrected chi connectivity index (χ4v) is 6.16. The molecule has 310 valence electrons. The Morgan fingerprint density at radius 2 is 1.02 bits per heavy atom. The van der Waals surface area contributed by atoms with Crippen LogP contribution in [0.3, 0.4) is 0 Å². The van der Waals surface area contributed by atoms with Gasteiger partial charge in [0, 0.05) is 60.1 Å². The van der Waals surface area contributed by atoms with Crippen molar-refractivity contribution in [3.63, 3.8) is 0 Å². The van der Waals surface area contributed by atoms with Crippen LogP contribution in [0.1, 0.15) is 69.2 Å². The first-order chi connectivity index (χ1) is 26.8. The van der Waals surface area contributed by atoms with Gasteiger partial charge in [0.15, 0.2) is 42.2 Å². The molecule has 3 aliphatic rings. The smallest absolute Gasteiger partial charge is 0.303 e. The number of ether oxygens (including phenoxy) is 11. The van der Waals surface area contributed by atoms with Crippen molar-refractivity contribution < 1.29 is 100 Å². The molecule has 1 aromatic carbocycles. The lowest BCUT2D eigenvalue weighted by Crippen LogP contribution is -2.67. The van der Waals surface area contributed by atoms with Crippen LogP contribution in [0.2, 0.25) is 0 Å². The van der Waals surface area contributed by atoms with Crippen LogP contribution < -0.4 is 0 Å². The maximum absolute atomic E-state index is 13.5. The summed E-state index contributed by atoms with van der Waals surface area (Å²) in [5.74, 6) is -9.37. The molecule has 2 aliphatic heterocycles. The second-order valence-electron chi connectivity index (χ2n) is 12.7. The van der Waals surface area contributed by atoms with Crippen LogP contribution in [0.5, 0.6) is 5.75 Å². The number of phenols is 1. The molecule has 10 atom stereocenters. The zero-order valence-corrected chi connectivity index (χ0v) is 31.6. The van der Waals surface area contributed by atoms with E-state index in [4.69, 9.17) is 52.1 Å². The van der Waals surface area contributed by atoms with Crippen LogP contribution in [0.4, 0.5) is 0 Å². The number of fused-ring (bicyclic) bond motifs is 1. The summed E-state index contributed by atoms with van der Waals surface area (Å²) in [4.78, 5) is 113. The summed E-state index contributed by atoms with van der Waals surface area (Å²) >= 11 is 0. The highest BCUT2D eigenvalue weighted by atomic mass is 16.8. The monoisotopic (exact) mass is 808 g/mol. The van der Waals surface area contributed by atoms with Crippen LogP contribution in [0.15, 0.2) is 30.0 Å². The third-order valence-electron chi connectivity index (χ3n) is 8.15. The molecule has 0 saturated carbocycles. The molecule has 21 nitrogen and oxygen atoms in total. The van der Waals surface area contributed by atoms with Gasteiger partial charge in [-0.2, -0.15) is 0 Å². The zero-order chi connectivity index (χ0) is 42.3. The molecule has 4 rings (SSSR count). The Morgan fingerprint density at radius 3 is 1.53 bits per heavy atom. The lowest BCUT2D eigenvalue weighted by Gasteiger charge is -2.48. The maximum Gasteiger partial charge on any atom is 0.303 e. The molecule has 2 fully saturated rings. The van der Waals surface area contributed by atoms with Gasteiger partial charge in [0.05, 0.1) is 5.56 Å². The molecular weight excluding hydrogens is 768 g/mol. The number of hydrogen-bond donors (Lipinski definition) is 1. The lowest BCUT2D eigenvalue weighted by atomic mass is 9.92. The molecule has 1 aliphatic carbocycles. The van der Waals surface area contributed by atoms with Gasteiger partial charge in [-0.1, -0.05) is 6.07 Å². The number of ketones is 2. The topological polar surface area (TPSA) is 275 Å². The lowest BCUT2D eigenvalue weighted by molar-refractivity contribution is -0.358. The summed E-state index contributed by atoms with van der Waals surface area (Å²) in [6.45, 7) is 5.67. The molecule has 0 spiro atoms. The highest BCUT2D eigenvalue weighted by molar-refractivity contribution is 6.24. The number of rotatable bonds is 13. The Morgan fingerprint density at radius 1 is 0.579 bits per heavy atom. The number of hydrogen-bond acceptors (Lipinski definition) is 21. The molecule has 1 N–H and O–H groups in total. The number of carbonyl (C=O) groups is 9.